The Hall–Kier alpha value is -2.38. The molecule has 0 N–H and O–H groups in total. The Labute approximate surface area is 182 Å². The van der Waals surface area contributed by atoms with Gasteiger partial charge in [-0.1, -0.05) is 0 Å². The first-order chi connectivity index (χ1) is 14.2. The Morgan fingerprint density at radius 3 is 2.47 bits per heavy atom. The second-order valence-corrected chi connectivity index (χ2v) is 9.06. The lowest BCUT2D eigenvalue weighted by atomic mass is 10.2. The molecule has 0 atom stereocenters. The summed E-state index contributed by atoms with van der Waals surface area (Å²) in [6.07, 6.45) is 1.10. The molecule has 0 aliphatic heterocycles. The maximum absolute atomic E-state index is 14.6. The van der Waals surface area contributed by atoms with Crippen LogP contribution in [0.2, 0.25) is 0 Å². The van der Waals surface area contributed by atoms with E-state index in [1.165, 1.54) is 26.4 Å². The molecule has 0 aliphatic carbocycles. The number of hydrogen-bond acceptors (Lipinski definition) is 7. The van der Waals surface area contributed by atoms with Crippen LogP contribution in [0.25, 0.3) is 0 Å². The van der Waals surface area contributed by atoms with Gasteiger partial charge in [-0.3, -0.25) is 0 Å². The summed E-state index contributed by atoms with van der Waals surface area (Å²) in [5, 5.41) is -0.146. The molecular weight excluding hydrogens is 511 g/mol. The van der Waals surface area contributed by atoms with E-state index in [4.69, 9.17) is 9.47 Å². The molecule has 160 valence electrons. The molecule has 13 heteroatoms. The molecule has 0 radical (unpaired) electrons. The maximum Gasteiger partial charge on any atom is 0.272 e. The van der Waals surface area contributed by atoms with Gasteiger partial charge in [0.05, 0.1) is 25.2 Å². The molecule has 0 unspecified atom stereocenters. The van der Waals surface area contributed by atoms with Gasteiger partial charge in [0, 0.05) is 29.2 Å². The number of hydrogen-bond donors (Lipinski definition) is 0. The fraction of sp³-hybridized carbons (Fsp3) is 0.176. The quantitative estimate of drug-likeness (QED) is 0.342. The zero-order chi connectivity index (χ0) is 22.1. The van der Waals surface area contributed by atoms with Crippen LogP contribution in [0.5, 0.6) is 11.5 Å². The van der Waals surface area contributed by atoms with Crippen molar-refractivity contribution < 1.29 is 31.1 Å². The van der Waals surface area contributed by atoms with E-state index in [-0.39, 0.29) is 16.9 Å². The highest BCUT2D eigenvalue weighted by Crippen LogP contribution is 2.35. The Morgan fingerprint density at radius 2 is 1.87 bits per heavy atom. The number of anilines is 1. The van der Waals surface area contributed by atoms with Crippen LogP contribution in [0.15, 0.2) is 40.0 Å². The lowest BCUT2D eigenvalue weighted by molar-refractivity contribution is 0.391. The minimum absolute atomic E-state index is 0.146. The molecule has 0 aliphatic rings. The molecule has 7 nitrogen and oxygen atoms in total. The molecule has 30 heavy (non-hydrogen) atoms. The summed E-state index contributed by atoms with van der Waals surface area (Å²) in [6.45, 7) is -0.390. The summed E-state index contributed by atoms with van der Waals surface area (Å²) in [5.74, 6) is -3.71. The third-order valence-corrected chi connectivity index (χ3v) is 7.30. The molecule has 1 aromatic heterocycles. The highest BCUT2D eigenvalue weighted by atomic mass is 79.9. The first kappa shape index (κ1) is 22.3. The number of sulfonamides is 1. The molecule has 3 aromatic rings. The van der Waals surface area contributed by atoms with Gasteiger partial charge >= 0.3 is 0 Å². The smallest absolute Gasteiger partial charge is 0.272 e. The van der Waals surface area contributed by atoms with Crippen LogP contribution in [0, 0.1) is 17.5 Å². The van der Waals surface area contributed by atoms with Gasteiger partial charge in [0.2, 0.25) is 5.13 Å². The van der Waals surface area contributed by atoms with Crippen LogP contribution in [-0.2, 0) is 16.6 Å². The molecule has 1 heterocycles. The molecule has 2 aromatic carbocycles. The minimum Gasteiger partial charge on any atom is -0.497 e. The fourth-order valence-electron chi connectivity index (χ4n) is 2.57. The average molecular weight is 524 g/mol. The van der Waals surface area contributed by atoms with Gasteiger partial charge in [0.25, 0.3) is 10.0 Å². The van der Waals surface area contributed by atoms with E-state index in [1.807, 2.05) is 0 Å². The van der Waals surface area contributed by atoms with E-state index in [0.29, 0.717) is 27.2 Å². The largest absolute Gasteiger partial charge is 0.497 e. The monoisotopic (exact) mass is 523 g/mol. The third kappa shape index (κ3) is 4.09. The fourth-order valence-corrected chi connectivity index (χ4v) is 5.26. The number of benzene rings is 2. The summed E-state index contributed by atoms with van der Waals surface area (Å²) >= 11 is 3.30. The van der Waals surface area contributed by atoms with Crippen LogP contribution in [0.1, 0.15) is 5.56 Å². The summed E-state index contributed by atoms with van der Waals surface area (Å²) in [7, 11) is -2.03. The Balaban J connectivity index is 2.16. The van der Waals surface area contributed by atoms with Crippen molar-refractivity contribution >= 4 is 42.6 Å². The predicted molar refractivity (Wildman–Crippen MR) is 107 cm³/mol. The van der Waals surface area contributed by atoms with Gasteiger partial charge in [-0.25, -0.2) is 30.9 Å². The second kappa shape index (κ2) is 8.78. The number of ether oxygens (including phenoxy) is 2. The molecule has 0 saturated carbocycles. The van der Waals surface area contributed by atoms with E-state index >= 15 is 0 Å². The molecule has 0 fully saturated rings. The normalized spacial score (nSPS) is 11.4. The van der Waals surface area contributed by atoms with Gasteiger partial charge in [0.1, 0.15) is 29.5 Å². The van der Waals surface area contributed by atoms with E-state index in [9.17, 15) is 21.6 Å². The highest BCUT2D eigenvalue weighted by Gasteiger charge is 2.35. The van der Waals surface area contributed by atoms with Crippen molar-refractivity contribution in [2.45, 2.75) is 11.4 Å². The van der Waals surface area contributed by atoms with Crippen molar-refractivity contribution in [2.24, 2.45) is 0 Å². The van der Waals surface area contributed by atoms with Gasteiger partial charge < -0.3 is 9.47 Å². The topological polar surface area (TPSA) is 81.6 Å². The van der Waals surface area contributed by atoms with Gasteiger partial charge in [0.15, 0.2) is 10.7 Å². The molecule has 0 spiro atoms. The van der Waals surface area contributed by atoms with E-state index in [1.54, 1.807) is 6.07 Å². The summed E-state index contributed by atoms with van der Waals surface area (Å²) in [5.41, 5.74) is 0.360. The first-order valence-electron chi connectivity index (χ1n) is 8.04. The van der Waals surface area contributed by atoms with E-state index in [0.717, 1.165) is 6.33 Å². The van der Waals surface area contributed by atoms with Crippen molar-refractivity contribution in [1.82, 2.24) is 9.36 Å². The number of rotatable bonds is 7. The van der Waals surface area contributed by atoms with Gasteiger partial charge in [-0.2, -0.15) is 4.37 Å². The van der Waals surface area contributed by atoms with Gasteiger partial charge in [-0.05, 0) is 28.1 Å². The van der Waals surface area contributed by atoms with Crippen LogP contribution in [0.4, 0.5) is 18.3 Å². The zero-order valence-corrected chi connectivity index (χ0v) is 18.6. The first-order valence-corrected chi connectivity index (χ1v) is 11.0. The van der Waals surface area contributed by atoms with Crippen molar-refractivity contribution in [2.75, 3.05) is 18.5 Å². The van der Waals surface area contributed by atoms with Crippen molar-refractivity contribution in [3.63, 3.8) is 0 Å². The average Bonchev–Trinajstić information content (AvgIpc) is 3.24. The number of nitrogens with zero attached hydrogens (tertiary/aromatic N) is 3. The van der Waals surface area contributed by atoms with Crippen LogP contribution >= 0.6 is 27.5 Å². The second-order valence-electron chi connectivity index (χ2n) is 5.71. The molecule has 0 amide bonds. The predicted octanol–water partition coefficient (Wildman–Crippen LogP) is 4.13. The van der Waals surface area contributed by atoms with Crippen LogP contribution in [-0.4, -0.2) is 32.0 Å². The van der Waals surface area contributed by atoms with E-state index < -0.39 is 43.4 Å². The number of aromatic nitrogens is 2. The standard InChI is InChI=1S/C17H13BrF3N3O4S2/c1-27-10-4-3-9(13(5-10)28-2)7-24(17-22-8-23-29-17)30(25,26)16-12(20)6-11(19)14(18)15(16)21/h3-6,8H,7H2,1-2H3. The molecule has 3 rings (SSSR count). The van der Waals surface area contributed by atoms with Crippen molar-refractivity contribution in [3.8, 4) is 11.5 Å². The molecule has 0 bridgehead atoms. The molecule has 0 saturated heterocycles. The summed E-state index contributed by atoms with van der Waals surface area (Å²) in [4.78, 5) is 2.53. The Kier molecular flexibility index (Phi) is 6.53. The van der Waals surface area contributed by atoms with Crippen molar-refractivity contribution in [3.05, 3.63) is 58.1 Å². The van der Waals surface area contributed by atoms with Gasteiger partial charge in [-0.15, -0.1) is 0 Å². The Morgan fingerprint density at radius 1 is 1.13 bits per heavy atom. The molecular formula is C17H13BrF3N3O4S2. The third-order valence-electron chi connectivity index (χ3n) is 3.99. The lowest BCUT2D eigenvalue weighted by Gasteiger charge is -2.23. The van der Waals surface area contributed by atoms with Crippen LogP contribution in [0.3, 0.4) is 0 Å². The Bertz CT molecular complexity index is 1180. The van der Waals surface area contributed by atoms with Crippen molar-refractivity contribution in [1.29, 1.82) is 0 Å². The number of methoxy groups -OCH3 is 2. The number of halogens is 4. The summed E-state index contributed by atoms with van der Waals surface area (Å²) in [6, 6.07) is 4.91. The van der Waals surface area contributed by atoms with E-state index in [2.05, 4.69) is 25.3 Å². The SMILES string of the molecule is COc1ccc(CN(c2ncns2)S(=O)(=O)c2c(F)cc(F)c(Br)c2F)c(OC)c1. The lowest BCUT2D eigenvalue weighted by Crippen LogP contribution is -2.32. The zero-order valence-electron chi connectivity index (χ0n) is 15.4. The summed E-state index contributed by atoms with van der Waals surface area (Å²) < 4.78 is 83.1. The maximum atomic E-state index is 14.6. The highest BCUT2D eigenvalue weighted by molar-refractivity contribution is 9.10. The van der Waals surface area contributed by atoms with Crippen LogP contribution < -0.4 is 13.8 Å². The minimum atomic E-state index is -4.86.